The largest absolute Gasteiger partial charge is 0.428 e. The van der Waals surface area contributed by atoms with Gasteiger partial charge in [-0.15, -0.1) is 0 Å². The third-order valence-electron chi connectivity index (χ3n) is 7.03. The molecule has 3 aromatic rings. The number of unbranched alkanes of at least 4 members (excludes halogenated alkanes) is 4. The van der Waals surface area contributed by atoms with E-state index in [2.05, 4.69) is 6.92 Å². The third kappa shape index (κ3) is 4.97. The Labute approximate surface area is 202 Å². The van der Waals surface area contributed by atoms with Crippen LogP contribution >= 0.6 is 11.6 Å². The van der Waals surface area contributed by atoms with E-state index in [-0.39, 0.29) is 17.3 Å². The molecule has 2 aromatic carbocycles. The number of fused-ring (bicyclic) bond motifs is 2. The molecule has 0 fully saturated rings. The minimum absolute atomic E-state index is 0.0769. The van der Waals surface area contributed by atoms with Crippen molar-refractivity contribution in [2.45, 2.75) is 76.3 Å². The number of aromatic nitrogens is 1. The molecule has 0 bridgehead atoms. The summed E-state index contributed by atoms with van der Waals surface area (Å²) < 4.78 is 40.2. The zero-order valence-corrected chi connectivity index (χ0v) is 19.9. The molecule has 0 radical (unpaired) electrons. The smallest absolute Gasteiger partial charge is 0.416 e. The normalized spacial score (nSPS) is 18.3. The van der Waals surface area contributed by atoms with Gasteiger partial charge in [-0.3, -0.25) is 4.79 Å². The molecule has 1 N–H and O–H groups in total. The Balaban J connectivity index is 1.73. The van der Waals surface area contributed by atoms with Crippen molar-refractivity contribution in [2.24, 2.45) is 0 Å². The molecule has 0 saturated carbocycles. The summed E-state index contributed by atoms with van der Waals surface area (Å²) in [7, 11) is 0. The molecule has 0 saturated heterocycles. The van der Waals surface area contributed by atoms with E-state index in [1.807, 2.05) is 0 Å². The Morgan fingerprint density at radius 1 is 1.06 bits per heavy atom. The van der Waals surface area contributed by atoms with Crippen LogP contribution in [0, 0.1) is 0 Å². The summed E-state index contributed by atoms with van der Waals surface area (Å²) in [6.07, 6.45) is 2.94. The van der Waals surface area contributed by atoms with Crippen molar-refractivity contribution >= 4 is 22.5 Å². The van der Waals surface area contributed by atoms with Crippen LogP contribution in [0.25, 0.3) is 10.9 Å². The highest BCUT2D eigenvalue weighted by Crippen LogP contribution is 2.42. The second kappa shape index (κ2) is 10.0. The molecule has 0 amide bonds. The highest BCUT2D eigenvalue weighted by molar-refractivity contribution is 6.31. The van der Waals surface area contributed by atoms with Crippen LogP contribution in [0.4, 0.5) is 13.2 Å². The van der Waals surface area contributed by atoms with E-state index in [1.54, 1.807) is 18.2 Å². The van der Waals surface area contributed by atoms with E-state index in [4.69, 9.17) is 11.6 Å². The fraction of sp³-hybridized carbons (Fsp3) is 0.444. The monoisotopic (exact) mass is 491 g/mol. The van der Waals surface area contributed by atoms with Crippen LogP contribution in [-0.4, -0.2) is 9.94 Å². The lowest BCUT2D eigenvalue weighted by Gasteiger charge is -2.33. The minimum Gasteiger partial charge on any atom is -0.428 e. The number of alkyl halides is 3. The fourth-order valence-corrected chi connectivity index (χ4v) is 5.43. The molecule has 2 unspecified atom stereocenters. The highest BCUT2D eigenvalue weighted by atomic mass is 35.5. The Morgan fingerprint density at radius 2 is 1.76 bits per heavy atom. The van der Waals surface area contributed by atoms with Crippen LogP contribution in [0.1, 0.15) is 86.1 Å². The van der Waals surface area contributed by atoms with Crippen LogP contribution in [0.15, 0.2) is 47.3 Å². The van der Waals surface area contributed by atoms with Gasteiger partial charge in [-0.25, -0.2) is 0 Å². The van der Waals surface area contributed by atoms with Crippen molar-refractivity contribution < 1.29 is 18.4 Å². The second-order valence-electron chi connectivity index (χ2n) is 9.32. The van der Waals surface area contributed by atoms with Crippen molar-refractivity contribution in [3.8, 4) is 0 Å². The van der Waals surface area contributed by atoms with Crippen LogP contribution in [0.2, 0.25) is 5.02 Å². The molecule has 0 aliphatic heterocycles. The summed E-state index contributed by atoms with van der Waals surface area (Å²) in [6.45, 7) is 2.16. The van der Waals surface area contributed by atoms with E-state index in [0.29, 0.717) is 40.0 Å². The molecule has 0 spiro atoms. The first-order chi connectivity index (χ1) is 16.2. The molecular formula is C27H29ClF3NO2. The second-order valence-corrected chi connectivity index (χ2v) is 9.76. The molecule has 1 aliphatic rings. The number of rotatable bonds is 7. The first kappa shape index (κ1) is 24.6. The van der Waals surface area contributed by atoms with Gasteiger partial charge >= 0.3 is 6.18 Å². The minimum atomic E-state index is -4.38. The van der Waals surface area contributed by atoms with Crippen LogP contribution in [-0.2, 0) is 12.6 Å². The average Bonchev–Trinajstić information content (AvgIpc) is 2.81. The zero-order valence-electron chi connectivity index (χ0n) is 19.2. The van der Waals surface area contributed by atoms with Crippen LogP contribution in [0.5, 0.6) is 0 Å². The lowest BCUT2D eigenvalue weighted by atomic mass is 9.73. The molecule has 4 rings (SSSR count). The Morgan fingerprint density at radius 3 is 2.44 bits per heavy atom. The average molecular weight is 492 g/mol. The lowest BCUT2D eigenvalue weighted by molar-refractivity contribution is -0.137. The first-order valence-electron chi connectivity index (χ1n) is 11.9. The van der Waals surface area contributed by atoms with Crippen molar-refractivity contribution in [3.05, 3.63) is 80.1 Å². The fourth-order valence-electron chi connectivity index (χ4n) is 5.26. The third-order valence-corrected chi connectivity index (χ3v) is 7.26. The lowest BCUT2D eigenvalue weighted by Crippen LogP contribution is -2.29. The van der Waals surface area contributed by atoms with Gasteiger partial charge in [-0.05, 0) is 67.0 Å². The van der Waals surface area contributed by atoms with Gasteiger partial charge in [-0.1, -0.05) is 62.8 Å². The maximum absolute atomic E-state index is 13.5. The summed E-state index contributed by atoms with van der Waals surface area (Å²) >= 11 is 6.13. The topological polar surface area (TPSA) is 42.2 Å². The van der Waals surface area contributed by atoms with Gasteiger partial charge in [0.2, 0.25) is 0 Å². The molecule has 1 aromatic heterocycles. The molecule has 1 aliphatic carbocycles. The van der Waals surface area contributed by atoms with Crippen LogP contribution < -0.4 is 5.43 Å². The van der Waals surface area contributed by atoms with Gasteiger partial charge in [0.1, 0.15) is 0 Å². The molecule has 182 valence electrons. The number of pyridine rings is 1. The van der Waals surface area contributed by atoms with Crippen molar-refractivity contribution in [1.82, 2.24) is 4.73 Å². The molecular weight excluding hydrogens is 463 g/mol. The Bertz CT molecular complexity index is 1220. The summed E-state index contributed by atoms with van der Waals surface area (Å²) in [4.78, 5) is 13.5. The van der Waals surface area contributed by atoms with E-state index in [0.717, 1.165) is 54.5 Å². The number of nitrogens with zero attached hydrogens (tertiary/aromatic N) is 1. The summed E-state index contributed by atoms with van der Waals surface area (Å²) in [5.74, 6) is -0.162. The van der Waals surface area contributed by atoms with E-state index < -0.39 is 11.7 Å². The van der Waals surface area contributed by atoms with Gasteiger partial charge in [-0.2, -0.15) is 17.9 Å². The van der Waals surface area contributed by atoms with Gasteiger partial charge in [0.05, 0.1) is 22.2 Å². The Hall–Kier alpha value is -2.47. The highest BCUT2D eigenvalue weighted by Gasteiger charge is 2.34. The summed E-state index contributed by atoms with van der Waals surface area (Å²) in [5.41, 5.74) is 1.57. The van der Waals surface area contributed by atoms with E-state index in [1.165, 1.54) is 18.6 Å². The predicted octanol–water partition coefficient (Wildman–Crippen LogP) is 8.09. The van der Waals surface area contributed by atoms with Crippen molar-refractivity contribution in [2.75, 3.05) is 0 Å². The van der Waals surface area contributed by atoms with Gasteiger partial charge in [0, 0.05) is 10.6 Å². The maximum atomic E-state index is 13.5. The Kier molecular flexibility index (Phi) is 7.27. The summed E-state index contributed by atoms with van der Waals surface area (Å²) in [6, 6.07) is 10.1. The van der Waals surface area contributed by atoms with Crippen LogP contribution in [0.3, 0.4) is 0 Å². The quantitative estimate of drug-likeness (QED) is 0.268. The number of hydrogen-bond acceptors (Lipinski definition) is 2. The molecule has 3 nitrogen and oxygen atoms in total. The molecule has 7 heteroatoms. The summed E-state index contributed by atoms with van der Waals surface area (Å²) in [5, 5.41) is 11.9. The van der Waals surface area contributed by atoms with Crippen molar-refractivity contribution in [3.63, 3.8) is 0 Å². The number of hydrogen-bond donors (Lipinski definition) is 1. The van der Waals surface area contributed by atoms with Gasteiger partial charge < -0.3 is 5.21 Å². The molecule has 1 heterocycles. The first-order valence-corrected chi connectivity index (χ1v) is 12.3. The molecule has 34 heavy (non-hydrogen) atoms. The maximum Gasteiger partial charge on any atom is 0.416 e. The van der Waals surface area contributed by atoms with Gasteiger partial charge in [0.25, 0.3) is 0 Å². The van der Waals surface area contributed by atoms with Gasteiger partial charge in [0.15, 0.2) is 5.43 Å². The van der Waals surface area contributed by atoms with Crippen molar-refractivity contribution in [1.29, 1.82) is 0 Å². The van der Waals surface area contributed by atoms with E-state index >= 15 is 0 Å². The number of benzene rings is 2. The molecule has 2 atom stereocenters. The number of halogens is 4. The zero-order chi connectivity index (χ0) is 24.5. The SMILES string of the molecule is CCCCCCCC1CC(c2ccc(C(F)(F)F)cc2)Cc2c1c(=O)c1cc(Cl)ccc1n2O. The standard InChI is InChI=1S/C27H29ClF3NO2/c1-2-3-4-5-6-7-18-14-19(17-8-10-20(11-9-17)27(29,30)31)15-24-25(18)26(33)22-16-21(28)12-13-23(22)32(24)34/h8-13,16,18-19,34H,2-7,14-15H2,1H3. The van der Waals surface area contributed by atoms with E-state index in [9.17, 15) is 23.2 Å². The predicted molar refractivity (Wildman–Crippen MR) is 129 cm³/mol.